The Bertz CT molecular complexity index is 630. The quantitative estimate of drug-likeness (QED) is 0.918. The molecule has 0 aliphatic carbocycles. The number of nitrogens with two attached hydrogens (primary N) is 1. The lowest BCUT2D eigenvalue weighted by molar-refractivity contribution is 0.0751. The van der Waals surface area contributed by atoms with E-state index in [0.29, 0.717) is 19.6 Å². The van der Waals surface area contributed by atoms with Crippen molar-refractivity contribution < 1.29 is 9.18 Å². The van der Waals surface area contributed by atoms with Gasteiger partial charge in [-0.1, -0.05) is 24.3 Å². The van der Waals surface area contributed by atoms with Crippen LogP contribution in [0.15, 0.2) is 42.7 Å². The van der Waals surface area contributed by atoms with E-state index in [-0.39, 0.29) is 11.5 Å². The third kappa shape index (κ3) is 3.64. The van der Waals surface area contributed by atoms with E-state index in [2.05, 4.69) is 4.98 Å². The fourth-order valence-corrected chi connectivity index (χ4v) is 2.16. The molecule has 0 atom stereocenters. The lowest BCUT2D eigenvalue weighted by atomic mass is 10.1. The van der Waals surface area contributed by atoms with Gasteiger partial charge in [0.15, 0.2) is 0 Å². The Balaban J connectivity index is 2.22. The maximum absolute atomic E-state index is 13.2. The minimum atomic E-state index is -0.515. The van der Waals surface area contributed by atoms with Gasteiger partial charge < -0.3 is 10.6 Å². The lowest BCUT2D eigenvalue weighted by Crippen LogP contribution is -2.31. The van der Waals surface area contributed by atoms with E-state index in [9.17, 15) is 9.18 Å². The van der Waals surface area contributed by atoms with Gasteiger partial charge in [0.1, 0.15) is 5.82 Å². The van der Waals surface area contributed by atoms with E-state index in [1.807, 2.05) is 31.2 Å². The van der Waals surface area contributed by atoms with Gasteiger partial charge in [0, 0.05) is 25.8 Å². The molecule has 0 aliphatic heterocycles. The van der Waals surface area contributed by atoms with Crippen molar-refractivity contribution in [2.24, 2.45) is 5.73 Å². The number of amides is 1. The Morgan fingerprint density at radius 3 is 2.62 bits per heavy atom. The van der Waals surface area contributed by atoms with Crippen molar-refractivity contribution in [2.75, 3.05) is 6.54 Å². The molecule has 1 aromatic heterocycles. The van der Waals surface area contributed by atoms with Gasteiger partial charge in [0.2, 0.25) is 0 Å². The minimum Gasteiger partial charge on any atom is -0.335 e. The second-order valence-corrected chi connectivity index (χ2v) is 4.68. The molecule has 0 aliphatic rings. The van der Waals surface area contributed by atoms with Crippen LogP contribution in [0.4, 0.5) is 4.39 Å². The molecule has 1 aromatic carbocycles. The summed E-state index contributed by atoms with van der Waals surface area (Å²) in [6, 6.07) is 8.92. The van der Waals surface area contributed by atoms with Crippen LogP contribution < -0.4 is 5.73 Å². The zero-order valence-corrected chi connectivity index (χ0v) is 11.9. The summed E-state index contributed by atoms with van der Waals surface area (Å²) in [5, 5.41) is 0. The average molecular weight is 287 g/mol. The predicted molar refractivity (Wildman–Crippen MR) is 78.9 cm³/mol. The Morgan fingerprint density at radius 1 is 1.29 bits per heavy atom. The summed E-state index contributed by atoms with van der Waals surface area (Å²) in [6.07, 6.45) is 2.46. The molecule has 1 amide bonds. The highest BCUT2D eigenvalue weighted by molar-refractivity contribution is 5.93. The number of halogens is 1. The first-order valence-corrected chi connectivity index (χ1v) is 6.82. The Hall–Kier alpha value is -2.27. The molecule has 5 heteroatoms. The summed E-state index contributed by atoms with van der Waals surface area (Å²) < 4.78 is 13.2. The molecular formula is C16H18FN3O. The van der Waals surface area contributed by atoms with Crippen LogP contribution in [-0.2, 0) is 13.1 Å². The number of hydrogen-bond acceptors (Lipinski definition) is 3. The third-order valence-electron chi connectivity index (χ3n) is 3.32. The highest BCUT2D eigenvalue weighted by Gasteiger charge is 2.16. The standard InChI is InChI=1S/C16H18FN3O/c1-2-20(11-13-6-4-3-5-12(13)8-18)16(21)14-7-15(17)10-19-9-14/h3-7,9-10H,2,8,11,18H2,1H3. The van der Waals surface area contributed by atoms with Gasteiger partial charge in [-0.25, -0.2) is 4.39 Å². The van der Waals surface area contributed by atoms with E-state index in [1.54, 1.807) is 4.90 Å². The number of rotatable bonds is 5. The molecule has 1 heterocycles. The second-order valence-electron chi connectivity index (χ2n) is 4.68. The first-order chi connectivity index (χ1) is 10.2. The zero-order valence-electron chi connectivity index (χ0n) is 11.9. The summed E-state index contributed by atoms with van der Waals surface area (Å²) >= 11 is 0. The van der Waals surface area contributed by atoms with E-state index in [4.69, 9.17) is 5.73 Å². The molecule has 2 N–H and O–H groups in total. The highest BCUT2D eigenvalue weighted by Crippen LogP contribution is 2.14. The van der Waals surface area contributed by atoms with E-state index >= 15 is 0 Å². The Kier molecular flexibility index (Phi) is 5.00. The van der Waals surface area contributed by atoms with E-state index < -0.39 is 5.82 Å². The molecule has 0 saturated heterocycles. The first-order valence-electron chi connectivity index (χ1n) is 6.82. The van der Waals surface area contributed by atoms with Crippen LogP contribution in [0.3, 0.4) is 0 Å². The van der Waals surface area contributed by atoms with Crippen LogP contribution in [0.25, 0.3) is 0 Å². The summed E-state index contributed by atoms with van der Waals surface area (Å²) in [5.74, 6) is -0.754. The van der Waals surface area contributed by atoms with Gasteiger partial charge in [-0.2, -0.15) is 0 Å². The van der Waals surface area contributed by atoms with Crippen LogP contribution in [-0.4, -0.2) is 22.3 Å². The number of pyridine rings is 1. The van der Waals surface area contributed by atoms with Gasteiger partial charge >= 0.3 is 0 Å². The summed E-state index contributed by atoms with van der Waals surface area (Å²) in [5.41, 5.74) is 7.96. The average Bonchev–Trinajstić information content (AvgIpc) is 2.52. The summed E-state index contributed by atoms with van der Waals surface area (Å²) in [6.45, 7) is 3.27. The Morgan fingerprint density at radius 2 is 2.00 bits per heavy atom. The van der Waals surface area contributed by atoms with Crippen molar-refractivity contribution in [3.8, 4) is 0 Å². The molecule has 110 valence electrons. The van der Waals surface area contributed by atoms with Crippen molar-refractivity contribution in [3.63, 3.8) is 0 Å². The molecule has 4 nitrogen and oxygen atoms in total. The van der Waals surface area contributed by atoms with Crippen LogP contribution in [0.1, 0.15) is 28.4 Å². The molecule has 0 bridgehead atoms. The highest BCUT2D eigenvalue weighted by atomic mass is 19.1. The van der Waals surface area contributed by atoms with Crippen molar-refractivity contribution in [2.45, 2.75) is 20.0 Å². The molecule has 21 heavy (non-hydrogen) atoms. The first kappa shape index (κ1) is 15.1. The van der Waals surface area contributed by atoms with Crippen molar-refractivity contribution in [3.05, 3.63) is 65.2 Å². The van der Waals surface area contributed by atoms with Gasteiger partial charge in [0.05, 0.1) is 11.8 Å². The second kappa shape index (κ2) is 6.95. The topological polar surface area (TPSA) is 59.2 Å². The number of carbonyl (C=O) groups excluding carboxylic acids is 1. The minimum absolute atomic E-state index is 0.240. The molecule has 0 fully saturated rings. The number of nitrogens with zero attached hydrogens (tertiary/aromatic N) is 2. The Labute approximate surface area is 123 Å². The number of carbonyl (C=O) groups is 1. The summed E-state index contributed by atoms with van der Waals surface area (Å²) in [4.78, 5) is 17.8. The monoisotopic (exact) mass is 287 g/mol. The van der Waals surface area contributed by atoms with Gasteiger partial charge in [-0.05, 0) is 24.1 Å². The van der Waals surface area contributed by atoms with Gasteiger partial charge in [0.25, 0.3) is 5.91 Å². The molecule has 0 unspecified atom stereocenters. The SMILES string of the molecule is CCN(Cc1ccccc1CN)C(=O)c1cncc(F)c1. The van der Waals surface area contributed by atoms with Crippen LogP contribution in [0, 0.1) is 5.82 Å². The van der Waals surface area contributed by atoms with E-state index in [0.717, 1.165) is 17.3 Å². The molecule has 0 saturated carbocycles. The maximum Gasteiger partial charge on any atom is 0.255 e. The molecular weight excluding hydrogens is 269 g/mol. The lowest BCUT2D eigenvalue weighted by Gasteiger charge is -2.22. The van der Waals surface area contributed by atoms with Crippen molar-refractivity contribution in [1.82, 2.24) is 9.88 Å². The third-order valence-corrected chi connectivity index (χ3v) is 3.32. The van der Waals surface area contributed by atoms with Crippen LogP contribution in [0.5, 0.6) is 0 Å². The molecule has 0 radical (unpaired) electrons. The van der Waals surface area contributed by atoms with E-state index in [1.165, 1.54) is 12.3 Å². The fraction of sp³-hybridized carbons (Fsp3) is 0.250. The number of aromatic nitrogens is 1. The zero-order chi connectivity index (χ0) is 15.2. The van der Waals surface area contributed by atoms with Crippen molar-refractivity contribution >= 4 is 5.91 Å². The van der Waals surface area contributed by atoms with Gasteiger partial charge in [-0.3, -0.25) is 9.78 Å². The molecule has 0 spiro atoms. The number of hydrogen-bond donors (Lipinski definition) is 1. The maximum atomic E-state index is 13.2. The van der Waals surface area contributed by atoms with Crippen LogP contribution >= 0.6 is 0 Å². The van der Waals surface area contributed by atoms with Crippen LogP contribution in [0.2, 0.25) is 0 Å². The normalized spacial score (nSPS) is 10.4. The smallest absolute Gasteiger partial charge is 0.255 e. The molecule has 2 rings (SSSR count). The largest absolute Gasteiger partial charge is 0.335 e. The summed E-state index contributed by atoms with van der Waals surface area (Å²) in [7, 11) is 0. The number of benzene rings is 1. The van der Waals surface area contributed by atoms with Gasteiger partial charge in [-0.15, -0.1) is 0 Å². The van der Waals surface area contributed by atoms with Crippen molar-refractivity contribution in [1.29, 1.82) is 0 Å². The predicted octanol–water partition coefficient (Wildman–Crippen LogP) is 2.34. The molecule has 2 aromatic rings. The fourth-order valence-electron chi connectivity index (χ4n) is 2.16.